The molecule has 0 aromatic heterocycles. The SMILES string of the molecule is C=COCC1CCO1. The molecule has 1 aliphatic rings. The highest BCUT2D eigenvalue weighted by Gasteiger charge is 2.17. The average molecular weight is 114 g/mol. The van der Waals surface area contributed by atoms with Crippen molar-refractivity contribution in [1.29, 1.82) is 0 Å². The van der Waals surface area contributed by atoms with Gasteiger partial charge in [0.25, 0.3) is 0 Å². The van der Waals surface area contributed by atoms with Crippen molar-refractivity contribution in [3.05, 3.63) is 12.8 Å². The number of hydrogen-bond donors (Lipinski definition) is 0. The van der Waals surface area contributed by atoms with Crippen LogP contribution in [0.15, 0.2) is 12.8 Å². The van der Waals surface area contributed by atoms with Crippen molar-refractivity contribution >= 4 is 0 Å². The zero-order valence-corrected chi connectivity index (χ0v) is 4.80. The van der Waals surface area contributed by atoms with Crippen LogP contribution in [0.1, 0.15) is 6.42 Å². The fraction of sp³-hybridized carbons (Fsp3) is 0.667. The minimum Gasteiger partial charge on any atom is -0.499 e. The quantitative estimate of drug-likeness (QED) is 0.508. The fourth-order valence-electron chi connectivity index (χ4n) is 0.591. The molecule has 8 heavy (non-hydrogen) atoms. The predicted molar refractivity (Wildman–Crippen MR) is 30.5 cm³/mol. The Hall–Kier alpha value is -0.500. The minimum atomic E-state index is 0.341. The minimum absolute atomic E-state index is 0.341. The molecule has 1 atom stereocenters. The zero-order valence-electron chi connectivity index (χ0n) is 4.80. The molecule has 2 heteroatoms. The van der Waals surface area contributed by atoms with Gasteiger partial charge >= 0.3 is 0 Å². The molecule has 0 spiro atoms. The number of hydrogen-bond acceptors (Lipinski definition) is 2. The van der Waals surface area contributed by atoms with Gasteiger partial charge in [-0.15, -0.1) is 0 Å². The van der Waals surface area contributed by atoms with E-state index in [2.05, 4.69) is 6.58 Å². The van der Waals surface area contributed by atoms with E-state index in [1.165, 1.54) is 6.26 Å². The van der Waals surface area contributed by atoms with E-state index in [-0.39, 0.29) is 0 Å². The van der Waals surface area contributed by atoms with Crippen LogP contribution in [-0.4, -0.2) is 19.3 Å². The third kappa shape index (κ3) is 1.23. The number of ether oxygens (including phenoxy) is 2. The largest absolute Gasteiger partial charge is 0.499 e. The molecular weight excluding hydrogens is 104 g/mol. The van der Waals surface area contributed by atoms with Gasteiger partial charge in [-0.25, -0.2) is 0 Å². The van der Waals surface area contributed by atoms with E-state index in [4.69, 9.17) is 9.47 Å². The van der Waals surface area contributed by atoms with Gasteiger partial charge in [-0.05, 0) is 0 Å². The smallest absolute Gasteiger partial charge is 0.113 e. The Balaban J connectivity index is 1.93. The maximum Gasteiger partial charge on any atom is 0.113 e. The van der Waals surface area contributed by atoms with Crippen molar-refractivity contribution in [2.75, 3.05) is 13.2 Å². The van der Waals surface area contributed by atoms with Gasteiger partial charge in [0.1, 0.15) is 6.61 Å². The molecule has 0 aliphatic carbocycles. The highest BCUT2D eigenvalue weighted by atomic mass is 16.5. The van der Waals surface area contributed by atoms with Gasteiger partial charge in [0.15, 0.2) is 0 Å². The van der Waals surface area contributed by atoms with E-state index < -0.39 is 0 Å². The normalized spacial score (nSPS) is 26.2. The molecule has 0 N–H and O–H groups in total. The fourth-order valence-corrected chi connectivity index (χ4v) is 0.591. The first-order valence-electron chi connectivity index (χ1n) is 2.77. The Labute approximate surface area is 49.1 Å². The van der Waals surface area contributed by atoms with Crippen LogP contribution >= 0.6 is 0 Å². The van der Waals surface area contributed by atoms with E-state index in [1.807, 2.05) is 0 Å². The predicted octanol–water partition coefficient (Wildman–Crippen LogP) is 0.935. The molecule has 1 rings (SSSR count). The van der Waals surface area contributed by atoms with Crippen LogP contribution in [-0.2, 0) is 9.47 Å². The van der Waals surface area contributed by atoms with Crippen LogP contribution in [0.2, 0.25) is 0 Å². The monoisotopic (exact) mass is 114 g/mol. The highest BCUT2D eigenvalue weighted by Crippen LogP contribution is 2.10. The molecule has 46 valence electrons. The summed E-state index contributed by atoms with van der Waals surface area (Å²) in [7, 11) is 0. The Bertz CT molecular complexity index is 76.6. The van der Waals surface area contributed by atoms with E-state index >= 15 is 0 Å². The van der Waals surface area contributed by atoms with Crippen molar-refractivity contribution in [3.63, 3.8) is 0 Å². The summed E-state index contributed by atoms with van der Waals surface area (Å²) < 4.78 is 9.94. The first-order chi connectivity index (χ1) is 3.93. The van der Waals surface area contributed by atoms with Crippen LogP contribution in [0.5, 0.6) is 0 Å². The Morgan fingerprint density at radius 2 is 2.62 bits per heavy atom. The van der Waals surface area contributed by atoms with Gasteiger partial charge in [0.05, 0.1) is 12.4 Å². The molecule has 0 aromatic carbocycles. The summed E-state index contributed by atoms with van der Waals surface area (Å²) in [5.74, 6) is 0. The van der Waals surface area contributed by atoms with Crippen molar-refractivity contribution in [2.45, 2.75) is 12.5 Å². The topological polar surface area (TPSA) is 18.5 Å². The zero-order chi connectivity index (χ0) is 5.82. The van der Waals surface area contributed by atoms with E-state index in [1.54, 1.807) is 0 Å². The third-order valence-electron chi connectivity index (χ3n) is 1.19. The number of rotatable bonds is 3. The molecule has 1 heterocycles. The van der Waals surface area contributed by atoms with Crippen molar-refractivity contribution in [3.8, 4) is 0 Å². The van der Waals surface area contributed by atoms with E-state index in [0.29, 0.717) is 12.7 Å². The molecule has 2 nitrogen and oxygen atoms in total. The lowest BCUT2D eigenvalue weighted by atomic mass is 10.2. The summed E-state index contributed by atoms with van der Waals surface area (Å²) in [5.41, 5.74) is 0. The molecule has 0 amide bonds. The standard InChI is InChI=1S/C6H10O2/c1-2-7-5-6-3-4-8-6/h2,6H,1,3-5H2. The second kappa shape index (κ2) is 2.72. The second-order valence-electron chi connectivity index (χ2n) is 1.78. The van der Waals surface area contributed by atoms with Gasteiger partial charge < -0.3 is 9.47 Å². The average Bonchev–Trinajstić information content (AvgIpc) is 1.63. The van der Waals surface area contributed by atoms with Crippen molar-refractivity contribution in [2.24, 2.45) is 0 Å². The van der Waals surface area contributed by atoms with Gasteiger partial charge in [0, 0.05) is 13.0 Å². The van der Waals surface area contributed by atoms with Crippen LogP contribution < -0.4 is 0 Å². The highest BCUT2D eigenvalue weighted by molar-refractivity contribution is 4.66. The molecule has 1 saturated heterocycles. The van der Waals surface area contributed by atoms with Crippen LogP contribution in [0.4, 0.5) is 0 Å². The van der Waals surface area contributed by atoms with Crippen molar-refractivity contribution < 1.29 is 9.47 Å². The summed E-state index contributed by atoms with van der Waals surface area (Å²) in [4.78, 5) is 0. The molecule has 0 aromatic rings. The van der Waals surface area contributed by atoms with Gasteiger partial charge in [-0.1, -0.05) is 6.58 Å². The van der Waals surface area contributed by atoms with Crippen LogP contribution in [0, 0.1) is 0 Å². The first-order valence-corrected chi connectivity index (χ1v) is 2.77. The maximum absolute atomic E-state index is 5.06. The third-order valence-corrected chi connectivity index (χ3v) is 1.19. The molecular formula is C6H10O2. The first kappa shape index (κ1) is 5.63. The molecule has 1 aliphatic heterocycles. The molecule has 0 bridgehead atoms. The lowest BCUT2D eigenvalue weighted by molar-refractivity contribution is -0.0796. The molecule has 1 fully saturated rings. The molecule has 0 saturated carbocycles. The van der Waals surface area contributed by atoms with Crippen LogP contribution in [0.3, 0.4) is 0 Å². The van der Waals surface area contributed by atoms with E-state index in [0.717, 1.165) is 13.0 Å². The second-order valence-corrected chi connectivity index (χ2v) is 1.78. The lowest BCUT2D eigenvalue weighted by Gasteiger charge is -2.25. The van der Waals surface area contributed by atoms with Gasteiger partial charge in [0.2, 0.25) is 0 Å². The summed E-state index contributed by atoms with van der Waals surface area (Å²) in [5, 5.41) is 0. The van der Waals surface area contributed by atoms with Gasteiger partial charge in [-0.2, -0.15) is 0 Å². The van der Waals surface area contributed by atoms with Crippen molar-refractivity contribution in [1.82, 2.24) is 0 Å². The van der Waals surface area contributed by atoms with E-state index in [9.17, 15) is 0 Å². The lowest BCUT2D eigenvalue weighted by Crippen LogP contribution is -2.30. The summed E-state index contributed by atoms with van der Waals surface area (Å²) in [6.07, 6.45) is 2.92. The summed E-state index contributed by atoms with van der Waals surface area (Å²) in [6.45, 7) is 4.98. The molecule has 1 unspecified atom stereocenters. The Morgan fingerprint density at radius 1 is 1.88 bits per heavy atom. The van der Waals surface area contributed by atoms with Crippen LogP contribution in [0.25, 0.3) is 0 Å². The maximum atomic E-state index is 5.06. The summed E-state index contributed by atoms with van der Waals surface area (Å²) in [6, 6.07) is 0. The Morgan fingerprint density at radius 3 is 3.00 bits per heavy atom. The Kier molecular flexibility index (Phi) is 1.92. The summed E-state index contributed by atoms with van der Waals surface area (Å²) >= 11 is 0. The molecule has 0 radical (unpaired) electrons. The van der Waals surface area contributed by atoms with Gasteiger partial charge in [-0.3, -0.25) is 0 Å².